The van der Waals surface area contributed by atoms with E-state index in [4.69, 9.17) is 0 Å². The van der Waals surface area contributed by atoms with Gasteiger partial charge in [-0.25, -0.2) is 0 Å². The van der Waals surface area contributed by atoms with Gasteiger partial charge in [-0.2, -0.15) is 0 Å². The van der Waals surface area contributed by atoms with E-state index in [1.165, 1.54) is 49.9 Å². The number of nitrogens with zero attached hydrogens (tertiary/aromatic N) is 3. The molecule has 4 rings (SSSR count). The van der Waals surface area contributed by atoms with Crippen molar-refractivity contribution in [3.8, 4) is 0 Å². The molecule has 2 atom stereocenters. The average Bonchev–Trinajstić information content (AvgIpc) is 3.22. The van der Waals surface area contributed by atoms with Crippen LogP contribution in [0.25, 0.3) is 0 Å². The Morgan fingerprint density at radius 3 is 2.70 bits per heavy atom. The van der Waals surface area contributed by atoms with Crippen LogP contribution in [-0.4, -0.2) is 20.8 Å². The number of aromatic nitrogens is 3. The standard InChI is InChI=1S/C19H26N4/c1-23-18(21-22-19(23)15-10-11-15)13-20-17-9-5-8-16(17)12-14-6-3-2-4-7-14/h2-4,6-7,15-17,20H,5,8-13H2,1H3. The monoisotopic (exact) mass is 310 g/mol. The largest absolute Gasteiger partial charge is 0.317 e. The molecule has 1 N–H and O–H groups in total. The summed E-state index contributed by atoms with van der Waals surface area (Å²) in [5.74, 6) is 3.67. The van der Waals surface area contributed by atoms with Gasteiger partial charge < -0.3 is 9.88 Å². The van der Waals surface area contributed by atoms with Crippen molar-refractivity contribution in [2.75, 3.05) is 0 Å². The third-order valence-corrected chi connectivity index (χ3v) is 5.46. The fourth-order valence-corrected chi connectivity index (χ4v) is 3.92. The molecule has 2 fully saturated rings. The molecule has 1 heterocycles. The van der Waals surface area contributed by atoms with E-state index in [0.717, 1.165) is 18.3 Å². The van der Waals surface area contributed by atoms with E-state index in [9.17, 15) is 0 Å². The minimum atomic E-state index is 0.608. The molecule has 0 saturated heterocycles. The van der Waals surface area contributed by atoms with Gasteiger partial charge in [-0.3, -0.25) is 0 Å². The molecule has 0 spiro atoms. The average molecular weight is 310 g/mol. The van der Waals surface area contributed by atoms with Crippen molar-refractivity contribution in [3.63, 3.8) is 0 Å². The molecule has 2 aliphatic carbocycles. The lowest BCUT2D eigenvalue weighted by Crippen LogP contribution is -2.33. The maximum atomic E-state index is 4.40. The van der Waals surface area contributed by atoms with Crippen molar-refractivity contribution in [1.29, 1.82) is 0 Å². The Bertz CT molecular complexity index is 645. The van der Waals surface area contributed by atoms with Crippen LogP contribution >= 0.6 is 0 Å². The van der Waals surface area contributed by atoms with Crippen LogP contribution in [0.4, 0.5) is 0 Å². The minimum absolute atomic E-state index is 0.608. The van der Waals surface area contributed by atoms with Crippen molar-refractivity contribution in [2.45, 2.75) is 57.0 Å². The molecule has 1 aromatic heterocycles. The number of hydrogen-bond donors (Lipinski definition) is 1. The third kappa shape index (κ3) is 3.32. The van der Waals surface area contributed by atoms with Crippen LogP contribution in [0, 0.1) is 5.92 Å². The zero-order valence-corrected chi connectivity index (χ0v) is 13.9. The second-order valence-corrected chi connectivity index (χ2v) is 7.18. The van der Waals surface area contributed by atoms with E-state index >= 15 is 0 Å². The van der Waals surface area contributed by atoms with E-state index in [0.29, 0.717) is 12.0 Å². The molecule has 23 heavy (non-hydrogen) atoms. The van der Waals surface area contributed by atoms with Crippen LogP contribution in [-0.2, 0) is 20.0 Å². The zero-order chi connectivity index (χ0) is 15.6. The van der Waals surface area contributed by atoms with Gasteiger partial charge in [-0.05, 0) is 43.6 Å². The molecule has 122 valence electrons. The molecular weight excluding hydrogens is 284 g/mol. The van der Waals surface area contributed by atoms with Crippen LogP contribution in [0.15, 0.2) is 30.3 Å². The summed E-state index contributed by atoms with van der Waals surface area (Å²) in [4.78, 5) is 0. The van der Waals surface area contributed by atoms with E-state index in [1.54, 1.807) is 0 Å². The molecule has 0 radical (unpaired) electrons. The van der Waals surface area contributed by atoms with Crippen molar-refractivity contribution in [3.05, 3.63) is 47.5 Å². The number of benzene rings is 1. The first-order valence-corrected chi connectivity index (χ1v) is 8.96. The molecule has 2 aromatic rings. The number of hydrogen-bond acceptors (Lipinski definition) is 3. The molecule has 1 aromatic carbocycles. The van der Waals surface area contributed by atoms with Crippen molar-refractivity contribution in [2.24, 2.45) is 13.0 Å². The minimum Gasteiger partial charge on any atom is -0.317 e. The van der Waals surface area contributed by atoms with Gasteiger partial charge in [-0.15, -0.1) is 10.2 Å². The summed E-state index contributed by atoms with van der Waals surface area (Å²) >= 11 is 0. The predicted molar refractivity (Wildman–Crippen MR) is 91.1 cm³/mol. The van der Waals surface area contributed by atoms with Gasteiger partial charge >= 0.3 is 0 Å². The SMILES string of the molecule is Cn1c(CNC2CCCC2Cc2ccccc2)nnc1C1CC1. The zero-order valence-electron chi connectivity index (χ0n) is 13.9. The third-order valence-electron chi connectivity index (χ3n) is 5.46. The second-order valence-electron chi connectivity index (χ2n) is 7.18. The summed E-state index contributed by atoms with van der Waals surface area (Å²) in [6.07, 6.45) is 7.69. The van der Waals surface area contributed by atoms with Crippen LogP contribution in [0.5, 0.6) is 0 Å². The van der Waals surface area contributed by atoms with Gasteiger partial charge in [0, 0.05) is 19.0 Å². The molecule has 2 unspecified atom stereocenters. The normalized spacial score (nSPS) is 24.2. The predicted octanol–water partition coefficient (Wildman–Crippen LogP) is 3.19. The first-order valence-electron chi connectivity index (χ1n) is 8.96. The topological polar surface area (TPSA) is 42.7 Å². The fourth-order valence-electron chi connectivity index (χ4n) is 3.92. The van der Waals surface area contributed by atoms with E-state index in [2.05, 4.69) is 57.5 Å². The van der Waals surface area contributed by atoms with Crippen LogP contribution in [0.1, 0.15) is 55.2 Å². The lowest BCUT2D eigenvalue weighted by molar-refractivity contribution is 0.390. The van der Waals surface area contributed by atoms with Crippen LogP contribution in [0.3, 0.4) is 0 Å². The summed E-state index contributed by atoms with van der Waals surface area (Å²) in [5, 5.41) is 12.5. The number of nitrogens with one attached hydrogen (secondary N) is 1. The summed E-state index contributed by atoms with van der Waals surface area (Å²) in [6, 6.07) is 11.5. The van der Waals surface area contributed by atoms with Crippen LogP contribution in [0.2, 0.25) is 0 Å². The summed E-state index contributed by atoms with van der Waals surface area (Å²) in [5.41, 5.74) is 1.46. The molecule has 2 aliphatic rings. The van der Waals surface area contributed by atoms with Gasteiger partial charge in [0.05, 0.1) is 6.54 Å². The summed E-state index contributed by atoms with van der Waals surface area (Å²) in [6.45, 7) is 0.839. The summed E-state index contributed by atoms with van der Waals surface area (Å²) in [7, 11) is 2.11. The Balaban J connectivity index is 1.36. The van der Waals surface area contributed by atoms with Crippen molar-refractivity contribution < 1.29 is 0 Å². The molecule has 0 amide bonds. The van der Waals surface area contributed by atoms with Gasteiger partial charge in [0.25, 0.3) is 0 Å². The van der Waals surface area contributed by atoms with Crippen molar-refractivity contribution >= 4 is 0 Å². The van der Waals surface area contributed by atoms with E-state index < -0.39 is 0 Å². The first-order chi connectivity index (χ1) is 11.3. The highest BCUT2D eigenvalue weighted by Crippen LogP contribution is 2.38. The Morgan fingerprint density at radius 1 is 1.09 bits per heavy atom. The highest BCUT2D eigenvalue weighted by Gasteiger charge is 2.30. The lowest BCUT2D eigenvalue weighted by atomic mass is 9.94. The van der Waals surface area contributed by atoms with Gasteiger partial charge in [0.2, 0.25) is 0 Å². The maximum absolute atomic E-state index is 4.40. The molecule has 0 bridgehead atoms. The molecule has 4 nitrogen and oxygen atoms in total. The fraction of sp³-hybridized carbons (Fsp3) is 0.579. The molecule has 2 saturated carbocycles. The smallest absolute Gasteiger partial charge is 0.146 e. The van der Waals surface area contributed by atoms with Gasteiger partial charge in [0.15, 0.2) is 0 Å². The van der Waals surface area contributed by atoms with E-state index in [1.807, 2.05) is 0 Å². The highest BCUT2D eigenvalue weighted by molar-refractivity contribution is 5.16. The Labute approximate surface area is 138 Å². The second kappa shape index (κ2) is 6.44. The van der Waals surface area contributed by atoms with Gasteiger partial charge in [0.1, 0.15) is 11.6 Å². The Kier molecular flexibility index (Phi) is 4.17. The Morgan fingerprint density at radius 2 is 1.91 bits per heavy atom. The Hall–Kier alpha value is -1.68. The van der Waals surface area contributed by atoms with Crippen LogP contribution < -0.4 is 5.32 Å². The van der Waals surface area contributed by atoms with E-state index in [-0.39, 0.29) is 0 Å². The van der Waals surface area contributed by atoms with Crippen molar-refractivity contribution in [1.82, 2.24) is 20.1 Å². The highest BCUT2D eigenvalue weighted by atomic mass is 15.3. The molecule has 0 aliphatic heterocycles. The quantitative estimate of drug-likeness (QED) is 0.891. The lowest BCUT2D eigenvalue weighted by Gasteiger charge is -2.21. The first kappa shape index (κ1) is 14.9. The summed E-state index contributed by atoms with van der Waals surface area (Å²) < 4.78 is 2.20. The maximum Gasteiger partial charge on any atom is 0.146 e. The van der Waals surface area contributed by atoms with Gasteiger partial charge in [-0.1, -0.05) is 36.8 Å². The molecule has 4 heteroatoms. The number of rotatable bonds is 6. The molecular formula is C19H26N4.